The molecule has 2 rings (SSSR count). The van der Waals surface area contributed by atoms with E-state index in [1.54, 1.807) is 0 Å². The van der Waals surface area contributed by atoms with Gasteiger partial charge in [0, 0.05) is 12.1 Å². The van der Waals surface area contributed by atoms with Crippen LogP contribution in [0.1, 0.15) is 19.3 Å². The van der Waals surface area contributed by atoms with Gasteiger partial charge in [0.1, 0.15) is 0 Å². The zero-order valence-electron chi connectivity index (χ0n) is 7.21. The second-order valence-electron chi connectivity index (χ2n) is 3.64. The van der Waals surface area contributed by atoms with Crippen molar-refractivity contribution in [1.29, 1.82) is 0 Å². The summed E-state index contributed by atoms with van der Waals surface area (Å²) in [6.45, 7) is -2.45. The van der Waals surface area contributed by atoms with Gasteiger partial charge in [0.05, 0.1) is 6.61 Å². The molecule has 2 nitrogen and oxygen atoms in total. The average Bonchev–Trinajstić information content (AvgIpc) is 2.60. The van der Waals surface area contributed by atoms with Crippen LogP contribution in [0.15, 0.2) is 0 Å². The predicted octanol–water partition coefficient (Wildman–Crippen LogP) is 1.79. The second kappa shape index (κ2) is 4.53. The maximum absolute atomic E-state index is 11.7. The summed E-state index contributed by atoms with van der Waals surface area (Å²) in [4.78, 5) is 0. The predicted molar refractivity (Wildman–Crippen MR) is 47.3 cm³/mol. The molecule has 0 aromatic carbocycles. The van der Waals surface area contributed by atoms with Crippen molar-refractivity contribution >= 4 is 12.4 Å². The van der Waals surface area contributed by atoms with Crippen LogP contribution in [0.3, 0.4) is 0 Å². The lowest BCUT2D eigenvalue weighted by atomic mass is 10.0. The van der Waals surface area contributed by atoms with Gasteiger partial charge in [0.2, 0.25) is 0 Å². The maximum Gasteiger partial charge on any atom is 0.345 e. The number of hydrogen-bond donors (Lipinski definition) is 1. The highest BCUT2D eigenvalue weighted by atomic mass is 35.5. The molecule has 1 saturated heterocycles. The van der Waals surface area contributed by atoms with Gasteiger partial charge in [-0.2, -0.15) is 8.78 Å². The Morgan fingerprint density at radius 2 is 2.15 bits per heavy atom. The zero-order valence-corrected chi connectivity index (χ0v) is 8.03. The Morgan fingerprint density at radius 1 is 1.38 bits per heavy atom. The topological polar surface area (TPSA) is 21.3 Å². The van der Waals surface area contributed by atoms with Gasteiger partial charge in [0.15, 0.2) is 0 Å². The van der Waals surface area contributed by atoms with Crippen molar-refractivity contribution in [1.82, 2.24) is 5.32 Å². The maximum atomic E-state index is 11.7. The van der Waals surface area contributed by atoms with Gasteiger partial charge in [-0.15, -0.1) is 12.4 Å². The molecular weight excluding hydrogens is 200 g/mol. The molecule has 0 unspecified atom stereocenters. The molecule has 1 N–H and O–H groups in total. The molecule has 3 atom stereocenters. The molecule has 2 aliphatic rings. The molecule has 78 valence electrons. The van der Waals surface area contributed by atoms with Crippen LogP contribution in [0.4, 0.5) is 8.78 Å². The Balaban J connectivity index is 0.000000845. The van der Waals surface area contributed by atoms with E-state index in [2.05, 4.69) is 10.1 Å². The number of hydrogen-bond acceptors (Lipinski definition) is 2. The van der Waals surface area contributed by atoms with Crippen LogP contribution in [0.2, 0.25) is 0 Å². The molecule has 2 fully saturated rings. The molecular formula is C8H14ClF2NO. The summed E-state index contributed by atoms with van der Waals surface area (Å²) in [5.74, 6) is 0.578. The van der Waals surface area contributed by atoms with E-state index in [0.717, 1.165) is 6.42 Å². The van der Waals surface area contributed by atoms with Gasteiger partial charge in [-0.3, -0.25) is 0 Å². The van der Waals surface area contributed by atoms with Gasteiger partial charge in [0.25, 0.3) is 0 Å². The van der Waals surface area contributed by atoms with Crippen LogP contribution in [0.25, 0.3) is 0 Å². The third kappa shape index (κ3) is 2.51. The number of piperidine rings is 1. The summed E-state index contributed by atoms with van der Waals surface area (Å²) in [6, 6.07) is 0.749. The van der Waals surface area contributed by atoms with Gasteiger partial charge < -0.3 is 10.1 Å². The monoisotopic (exact) mass is 213 g/mol. The van der Waals surface area contributed by atoms with Gasteiger partial charge in [-0.05, 0) is 25.2 Å². The van der Waals surface area contributed by atoms with Gasteiger partial charge >= 0.3 is 6.61 Å². The minimum Gasteiger partial charge on any atom is -0.321 e. The van der Waals surface area contributed by atoms with E-state index in [1.165, 1.54) is 12.8 Å². The number of rotatable bonds is 3. The van der Waals surface area contributed by atoms with E-state index in [-0.39, 0.29) is 25.1 Å². The highest BCUT2D eigenvalue weighted by Crippen LogP contribution is 2.35. The summed E-state index contributed by atoms with van der Waals surface area (Å²) >= 11 is 0. The van der Waals surface area contributed by atoms with E-state index in [4.69, 9.17) is 0 Å². The van der Waals surface area contributed by atoms with E-state index < -0.39 is 6.61 Å². The van der Waals surface area contributed by atoms with Crippen molar-refractivity contribution in [2.45, 2.75) is 38.0 Å². The first-order chi connectivity index (χ1) is 5.75. The molecule has 1 aliphatic heterocycles. The summed E-state index contributed by atoms with van der Waals surface area (Å²) in [7, 11) is 0. The molecule has 0 aromatic rings. The second-order valence-corrected chi connectivity index (χ2v) is 3.64. The molecule has 1 aliphatic carbocycles. The molecule has 0 aromatic heterocycles. The molecule has 13 heavy (non-hydrogen) atoms. The first-order valence-electron chi connectivity index (χ1n) is 4.41. The lowest BCUT2D eigenvalue weighted by Gasteiger charge is -2.22. The largest absolute Gasteiger partial charge is 0.345 e. The number of nitrogens with one attached hydrogen (secondary N) is 1. The normalized spacial score (nSPS) is 36.7. The molecule has 2 bridgehead atoms. The highest BCUT2D eigenvalue weighted by molar-refractivity contribution is 5.85. The Morgan fingerprint density at radius 3 is 2.62 bits per heavy atom. The summed E-state index contributed by atoms with van der Waals surface area (Å²) in [6.07, 6.45) is 3.53. The van der Waals surface area contributed by atoms with Crippen LogP contribution in [-0.4, -0.2) is 25.3 Å². The van der Waals surface area contributed by atoms with Crippen LogP contribution in [0, 0.1) is 5.92 Å². The Kier molecular flexibility index (Phi) is 3.88. The number of ether oxygens (including phenoxy) is 1. The molecule has 1 heterocycles. The van der Waals surface area contributed by atoms with E-state index in [1.807, 2.05) is 0 Å². The minimum atomic E-state index is -2.62. The van der Waals surface area contributed by atoms with Crippen molar-refractivity contribution in [2.75, 3.05) is 6.61 Å². The third-order valence-corrected chi connectivity index (χ3v) is 2.89. The molecule has 5 heteroatoms. The smallest absolute Gasteiger partial charge is 0.321 e. The molecule has 0 spiro atoms. The Bertz CT molecular complexity index is 170. The zero-order chi connectivity index (χ0) is 8.55. The fourth-order valence-corrected chi connectivity index (χ4v) is 2.33. The SMILES string of the molecule is Cl.FC(F)OC[C@H]1N[C@@H]2CC[C@H]1C2. The average molecular weight is 214 g/mol. The Labute approximate surface area is 82.4 Å². The third-order valence-electron chi connectivity index (χ3n) is 2.89. The first kappa shape index (κ1) is 11.1. The molecule has 0 radical (unpaired) electrons. The molecule has 1 saturated carbocycles. The fraction of sp³-hybridized carbons (Fsp3) is 1.00. The summed E-state index contributed by atoms with van der Waals surface area (Å²) < 4.78 is 27.6. The first-order valence-corrected chi connectivity index (χ1v) is 4.41. The van der Waals surface area contributed by atoms with Crippen LogP contribution in [-0.2, 0) is 4.74 Å². The van der Waals surface area contributed by atoms with E-state index in [0.29, 0.717) is 12.0 Å². The van der Waals surface area contributed by atoms with E-state index in [9.17, 15) is 8.78 Å². The lowest BCUT2D eigenvalue weighted by Crippen LogP contribution is -2.39. The number of alkyl halides is 2. The molecule has 0 amide bonds. The van der Waals surface area contributed by atoms with Crippen molar-refractivity contribution in [3.8, 4) is 0 Å². The minimum absolute atomic E-state index is 0. The number of fused-ring (bicyclic) bond motifs is 2. The fourth-order valence-electron chi connectivity index (χ4n) is 2.33. The number of halogens is 3. The van der Waals surface area contributed by atoms with Crippen molar-refractivity contribution < 1.29 is 13.5 Å². The van der Waals surface area contributed by atoms with Crippen molar-refractivity contribution in [3.63, 3.8) is 0 Å². The highest BCUT2D eigenvalue weighted by Gasteiger charge is 2.39. The van der Waals surface area contributed by atoms with Crippen LogP contribution < -0.4 is 5.32 Å². The summed E-state index contributed by atoms with van der Waals surface area (Å²) in [5, 5.41) is 3.29. The standard InChI is InChI=1S/C8H13F2NO.ClH/c9-8(10)12-4-7-5-1-2-6(3-5)11-7;/h5-8,11H,1-4H2;1H/t5-,6+,7+;/m0./s1. The lowest BCUT2D eigenvalue weighted by molar-refractivity contribution is -0.135. The quantitative estimate of drug-likeness (QED) is 0.772. The van der Waals surface area contributed by atoms with Gasteiger partial charge in [-0.25, -0.2) is 0 Å². The van der Waals surface area contributed by atoms with Crippen LogP contribution in [0.5, 0.6) is 0 Å². The van der Waals surface area contributed by atoms with Crippen LogP contribution >= 0.6 is 12.4 Å². The Hall–Kier alpha value is 0.0700. The van der Waals surface area contributed by atoms with Crippen molar-refractivity contribution in [3.05, 3.63) is 0 Å². The van der Waals surface area contributed by atoms with Crippen molar-refractivity contribution in [2.24, 2.45) is 5.92 Å². The summed E-state index contributed by atoms with van der Waals surface area (Å²) in [5.41, 5.74) is 0. The van der Waals surface area contributed by atoms with Gasteiger partial charge in [-0.1, -0.05) is 0 Å². The van der Waals surface area contributed by atoms with E-state index >= 15 is 0 Å².